The van der Waals surface area contributed by atoms with Gasteiger partial charge in [0.2, 0.25) is 5.91 Å². The first-order valence-electron chi connectivity index (χ1n) is 10.6. The summed E-state index contributed by atoms with van der Waals surface area (Å²) in [6.45, 7) is 1.18. The average Bonchev–Trinajstić information content (AvgIpc) is 2.96. The number of hydrogen-bond acceptors (Lipinski definition) is 2. The van der Waals surface area contributed by atoms with Crippen molar-refractivity contribution >= 4 is 23.4 Å². The predicted molar refractivity (Wildman–Crippen MR) is 124 cm³/mol. The van der Waals surface area contributed by atoms with E-state index in [1.165, 1.54) is 0 Å². The molecule has 1 fully saturated rings. The zero-order valence-corrected chi connectivity index (χ0v) is 18.0. The van der Waals surface area contributed by atoms with E-state index >= 15 is 0 Å². The monoisotopic (exact) mass is 432 g/mol. The van der Waals surface area contributed by atoms with Crippen molar-refractivity contribution in [3.05, 3.63) is 95.0 Å². The number of nitrogens with one attached hydrogen (secondary N) is 1. The Balaban J connectivity index is 1.43. The Morgan fingerprint density at radius 3 is 2.42 bits per heavy atom. The molecule has 158 valence electrons. The zero-order valence-electron chi connectivity index (χ0n) is 17.3. The minimum Gasteiger partial charge on any atom is -0.340 e. The fourth-order valence-corrected chi connectivity index (χ4v) is 4.15. The van der Waals surface area contributed by atoms with Gasteiger partial charge in [-0.25, -0.2) is 0 Å². The van der Waals surface area contributed by atoms with Crippen molar-refractivity contribution in [2.24, 2.45) is 0 Å². The van der Waals surface area contributed by atoms with Crippen LogP contribution < -0.4 is 5.32 Å². The van der Waals surface area contributed by atoms with Gasteiger partial charge in [-0.3, -0.25) is 9.59 Å². The Bertz CT molecular complexity index is 1050. The molecule has 1 unspecified atom stereocenters. The van der Waals surface area contributed by atoms with Crippen LogP contribution in [0.2, 0.25) is 5.02 Å². The van der Waals surface area contributed by atoms with Gasteiger partial charge in [-0.2, -0.15) is 0 Å². The number of carbonyl (C=O) groups is 2. The molecule has 0 saturated carbocycles. The van der Waals surface area contributed by atoms with E-state index in [1.54, 1.807) is 0 Å². The normalized spacial score (nSPS) is 16.6. The Morgan fingerprint density at radius 1 is 0.935 bits per heavy atom. The summed E-state index contributed by atoms with van der Waals surface area (Å²) in [4.78, 5) is 27.8. The van der Waals surface area contributed by atoms with Crippen LogP contribution in [0.4, 0.5) is 0 Å². The van der Waals surface area contributed by atoms with Gasteiger partial charge in [0.05, 0.1) is 0 Å². The van der Waals surface area contributed by atoms with Crippen LogP contribution in [0.25, 0.3) is 11.1 Å². The predicted octanol–water partition coefficient (Wildman–Crippen LogP) is 5.32. The zero-order chi connectivity index (χ0) is 21.6. The Hall–Kier alpha value is -3.11. The molecule has 4 rings (SSSR count). The molecule has 0 aromatic heterocycles. The molecule has 0 spiro atoms. The topological polar surface area (TPSA) is 49.4 Å². The molecule has 1 heterocycles. The second kappa shape index (κ2) is 9.80. The van der Waals surface area contributed by atoms with Crippen LogP contribution in [0.5, 0.6) is 0 Å². The standard InChI is InChI=1S/C26H25ClN2O2/c27-23-10-6-7-19(17-23)18-29-16-5-4-11-24(26(29)31)28-25(30)22-14-12-21(13-15-22)20-8-2-1-3-9-20/h1-3,6-10,12-15,17,24H,4-5,11,16,18H2,(H,28,30). The van der Waals surface area contributed by atoms with Gasteiger partial charge < -0.3 is 10.2 Å². The second-order valence-electron chi connectivity index (χ2n) is 7.85. The van der Waals surface area contributed by atoms with Crippen molar-refractivity contribution in [3.63, 3.8) is 0 Å². The molecule has 1 aliphatic heterocycles. The minimum absolute atomic E-state index is 0.0354. The molecular weight excluding hydrogens is 408 g/mol. The van der Waals surface area contributed by atoms with Crippen molar-refractivity contribution in [1.82, 2.24) is 10.2 Å². The molecule has 0 aliphatic carbocycles. The van der Waals surface area contributed by atoms with Gasteiger partial charge in [-0.1, -0.05) is 66.2 Å². The SMILES string of the molecule is O=C(NC1CCCCN(Cc2cccc(Cl)c2)C1=O)c1ccc(-c2ccccc2)cc1. The van der Waals surface area contributed by atoms with Gasteiger partial charge in [0.1, 0.15) is 6.04 Å². The smallest absolute Gasteiger partial charge is 0.251 e. The highest BCUT2D eigenvalue weighted by atomic mass is 35.5. The second-order valence-corrected chi connectivity index (χ2v) is 8.29. The molecule has 3 aromatic rings. The first-order chi connectivity index (χ1) is 15.1. The van der Waals surface area contributed by atoms with Crippen LogP contribution in [-0.4, -0.2) is 29.3 Å². The molecule has 3 aromatic carbocycles. The van der Waals surface area contributed by atoms with E-state index < -0.39 is 6.04 Å². The molecule has 5 heteroatoms. The third-order valence-electron chi connectivity index (χ3n) is 5.60. The van der Waals surface area contributed by atoms with Crippen LogP contribution >= 0.6 is 11.6 Å². The van der Waals surface area contributed by atoms with Crippen molar-refractivity contribution in [3.8, 4) is 11.1 Å². The van der Waals surface area contributed by atoms with Crippen molar-refractivity contribution in [2.45, 2.75) is 31.8 Å². The van der Waals surface area contributed by atoms with Gasteiger partial charge in [0.15, 0.2) is 0 Å². The Labute approximate surface area is 187 Å². The lowest BCUT2D eigenvalue weighted by Crippen LogP contribution is -2.47. The molecule has 2 amide bonds. The average molecular weight is 433 g/mol. The van der Waals surface area contributed by atoms with Gasteiger partial charge in [-0.15, -0.1) is 0 Å². The lowest BCUT2D eigenvalue weighted by molar-refractivity contribution is -0.133. The molecule has 0 radical (unpaired) electrons. The van der Waals surface area contributed by atoms with Gasteiger partial charge >= 0.3 is 0 Å². The molecular formula is C26H25ClN2O2. The highest BCUT2D eigenvalue weighted by Crippen LogP contribution is 2.20. The summed E-state index contributed by atoms with van der Waals surface area (Å²) >= 11 is 6.09. The highest BCUT2D eigenvalue weighted by molar-refractivity contribution is 6.30. The number of amides is 2. The van der Waals surface area contributed by atoms with E-state index in [-0.39, 0.29) is 11.8 Å². The summed E-state index contributed by atoms with van der Waals surface area (Å²) in [5, 5.41) is 3.61. The lowest BCUT2D eigenvalue weighted by atomic mass is 10.0. The summed E-state index contributed by atoms with van der Waals surface area (Å²) in [7, 11) is 0. The summed E-state index contributed by atoms with van der Waals surface area (Å²) in [5.74, 6) is -0.255. The quantitative estimate of drug-likeness (QED) is 0.593. The van der Waals surface area contributed by atoms with Crippen LogP contribution in [0.1, 0.15) is 35.2 Å². The van der Waals surface area contributed by atoms with E-state index in [2.05, 4.69) is 5.32 Å². The van der Waals surface area contributed by atoms with E-state index in [0.717, 1.165) is 29.5 Å². The molecule has 1 aliphatic rings. The summed E-state index contributed by atoms with van der Waals surface area (Å²) < 4.78 is 0. The van der Waals surface area contributed by atoms with E-state index in [1.807, 2.05) is 83.8 Å². The van der Waals surface area contributed by atoms with Crippen molar-refractivity contribution < 1.29 is 9.59 Å². The molecule has 1 saturated heterocycles. The third-order valence-corrected chi connectivity index (χ3v) is 5.84. The third kappa shape index (κ3) is 5.33. The van der Waals surface area contributed by atoms with Gasteiger partial charge in [-0.05, 0) is 60.2 Å². The van der Waals surface area contributed by atoms with Gasteiger partial charge in [0, 0.05) is 23.7 Å². The van der Waals surface area contributed by atoms with Gasteiger partial charge in [0.25, 0.3) is 5.91 Å². The van der Waals surface area contributed by atoms with Crippen LogP contribution in [0, 0.1) is 0 Å². The molecule has 0 bridgehead atoms. The fourth-order valence-electron chi connectivity index (χ4n) is 3.94. The number of likely N-dealkylation sites (tertiary alicyclic amines) is 1. The maximum atomic E-state index is 13.1. The molecule has 31 heavy (non-hydrogen) atoms. The number of benzene rings is 3. The summed E-state index contributed by atoms with van der Waals surface area (Å²) in [5.41, 5.74) is 3.70. The highest BCUT2D eigenvalue weighted by Gasteiger charge is 2.28. The van der Waals surface area contributed by atoms with Crippen molar-refractivity contribution in [2.75, 3.05) is 6.54 Å². The van der Waals surface area contributed by atoms with Crippen LogP contribution in [-0.2, 0) is 11.3 Å². The largest absolute Gasteiger partial charge is 0.340 e. The Morgan fingerprint density at radius 2 is 1.68 bits per heavy atom. The Kier molecular flexibility index (Phi) is 6.68. The fraction of sp³-hybridized carbons (Fsp3) is 0.231. The maximum Gasteiger partial charge on any atom is 0.251 e. The summed E-state index contributed by atoms with van der Waals surface area (Å²) in [6.07, 6.45) is 2.47. The number of rotatable bonds is 5. The lowest BCUT2D eigenvalue weighted by Gasteiger charge is -2.25. The first kappa shape index (κ1) is 21.1. The van der Waals surface area contributed by atoms with E-state index in [9.17, 15) is 9.59 Å². The van der Waals surface area contributed by atoms with Crippen LogP contribution in [0.15, 0.2) is 78.9 Å². The summed E-state index contributed by atoms with van der Waals surface area (Å²) in [6, 6.07) is 24.5. The van der Waals surface area contributed by atoms with Crippen molar-refractivity contribution in [1.29, 1.82) is 0 Å². The number of hydrogen-bond donors (Lipinski definition) is 1. The molecule has 1 atom stereocenters. The van der Waals surface area contributed by atoms with E-state index in [0.29, 0.717) is 30.1 Å². The number of nitrogens with zero attached hydrogens (tertiary/aromatic N) is 1. The number of carbonyl (C=O) groups excluding carboxylic acids is 2. The molecule has 1 N–H and O–H groups in total. The van der Waals surface area contributed by atoms with Crippen LogP contribution in [0.3, 0.4) is 0 Å². The van der Waals surface area contributed by atoms with E-state index in [4.69, 9.17) is 11.6 Å². The minimum atomic E-state index is -0.511. The molecule has 4 nitrogen and oxygen atoms in total. The first-order valence-corrected chi connectivity index (χ1v) is 11.0. The maximum absolute atomic E-state index is 13.1. The number of halogens is 1.